The predicted molar refractivity (Wildman–Crippen MR) is 59.3 cm³/mol. The Morgan fingerprint density at radius 2 is 2.07 bits per heavy atom. The van der Waals surface area contributed by atoms with E-state index in [9.17, 15) is 4.79 Å². The Bertz CT molecular complexity index is 488. The van der Waals surface area contributed by atoms with Gasteiger partial charge in [-0.1, -0.05) is 18.2 Å². The maximum absolute atomic E-state index is 10.7. The predicted octanol–water partition coefficient (Wildman–Crippen LogP) is 1.65. The van der Waals surface area contributed by atoms with Crippen molar-refractivity contribution in [3.05, 3.63) is 42.1 Å². The summed E-state index contributed by atoms with van der Waals surface area (Å²) >= 11 is 0. The molecule has 0 aliphatic carbocycles. The second-order valence-electron chi connectivity index (χ2n) is 3.45. The molecule has 2 aromatic rings. The molecule has 0 aliphatic heterocycles. The van der Waals surface area contributed by atoms with Crippen molar-refractivity contribution >= 4 is 16.8 Å². The smallest absolute Gasteiger partial charge is 0.217 e. The van der Waals surface area contributed by atoms with E-state index in [1.165, 1.54) is 0 Å². The highest BCUT2D eigenvalue weighted by atomic mass is 16.1. The van der Waals surface area contributed by atoms with E-state index in [0.717, 1.165) is 16.5 Å². The largest absolute Gasteiger partial charge is 0.370 e. The third kappa shape index (κ3) is 2.13. The lowest BCUT2D eigenvalue weighted by molar-refractivity contribution is -0.117. The lowest BCUT2D eigenvalue weighted by atomic mass is 10.0. The number of amides is 1. The number of nitrogens with two attached hydrogens (primary N) is 1. The molecule has 3 heteroatoms. The maximum Gasteiger partial charge on any atom is 0.217 e. The Kier molecular flexibility index (Phi) is 2.63. The first-order chi connectivity index (χ1) is 7.27. The first-order valence-corrected chi connectivity index (χ1v) is 4.88. The van der Waals surface area contributed by atoms with Crippen LogP contribution in [0.5, 0.6) is 0 Å². The van der Waals surface area contributed by atoms with E-state index in [-0.39, 0.29) is 5.91 Å². The van der Waals surface area contributed by atoms with E-state index in [0.29, 0.717) is 12.8 Å². The van der Waals surface area contributed by atoms with Crippen LogP contribution in [0.1, 0.15) is 12.0 Å². The van der Waals surface area contributed by atoms with Gasteiger partial charge in [0.25, 0.3) is 0 Å². The van der Waals surface area contributed by atoms with Crippen LogP contribution in [0.15, 0.2) is 36.5 Å². The van der Waals surface area contributed by atoms with Crippen molar-refractivity contribution in [3.8, 4) is 0 Å². The van der Waals surface area contributed by atoms with Crippen LogP contribution in [-0.4, -0.2) is 10.9 Å². The number of hydrogen-bond acceptors (Lipinski definition) is 2. The molecule has 0 bridgehead atoms. The van der Waals surface area contributed by atoms with Gasteiger partial charge in [-0.25, -0.2) is 0 Å². The summed E-state index contributed by atoms with van der Waals surface area (Å²) in [5.41, 5.74) is 7.21. The van der Waals surface area contributed by atoms with Gasteiger partial charge in [0.2, 0.25) is 5.91 Å². The van der Waals surface area contributed by atoms with Crippen molar-refractivity contribution in [2.75, 3.05) is 0 Å². The zero-order chi connectivity index (χ0) is 10.7. The number of fused-ring (bicyclic) bond motifs is 1. The Balaban J connectivity index is 2.38. The van der Waals surface area contributed by atoms with E-state index in [1.807, 2.05) is 30.3 Å². The van der Waals surface area contributed by atoms with Gasteiger partial charge in [-0.2, -0.15) is 0 Å². The number of primary amides is 1. The van der Waals surface area contributed by atoms with Crippen LogP contribution < -0.4 is 5.73 Å². The second-order valence-corrected chi connectivity index (χ2v) is 3.45. The number of nitrogens with zero attached hydrogens (tertiary/aromatic N) is 1. The fourth-order valence-corrected chi connectivity index (χ4v) is 1.63. The summed E-state index contributed by atoms with van der Waals surface area (Å²) < 4.78 is 0. The molecule has 3 nitrogen and oxygen atoms in total. The lowest BCUT2D eigenvalue weighted by Gasteiger charge is -2.03. The molecular formula is C12H12N2O. The highest BCUT2D eigenvalue weighted by molar-refractivity contribution is 5.82. The molecule has 1 amide bonds. The first-order valence-electron chi connectivity index (χ1n) is 4.88. The van der Waals surface area contributed by atoms with Gasteiger partial charge >= 0.3 is 0 Å². The molecule has 1 aromatic heterocycles. The number of carbonyl (C=O) groups is 1. The summed E-state index contributed by atoms with van der Waals surface area (Å²) in [7, 11) is 0. The van der Waals surface area contributed by atoms with E-state index in [1.54, 1.807) is 6.20 Å². The van der Waals surface area contributed by atoms with Crippen molar-refractivity contribution in [3.63, 3.8) is 0 Å². The van der Waals surface area contributed by atoms with E-state index in [4.69, 9.17) is 5.73 Å². The minimum atomic E-state index is -0.268. The average Bonchev–Trinajstić information content (AvgIpc) is 2.26. The third-order valence-corrected chi connectivity index (χ3v) is 2.38. The first kappa shape index (κ1) is 9.65. The number of hydrogen-bond donors (Lipinski definition) is 1. The lowest BCUT2D eigenvalue weighted by Crippen LogP contribution is -2.11. The normalized spacial score (nSPS) is 10.4. The number of para-hydroxylation sites is 1. The van der Waals surface area contributed by atoms with E-state index < -0.39 is 0 Å². The quantitative estimate of drug-likeness (QED) is 0.819. The van der Waals surface area contributed by atoms with Crippen molar-refractivity contribution < 1.29 is 4.79 Å². The second kappa shape index (κ2) is 4.09. The summed E-state index contributed by atoms with van der Waals surface area (Å²) in [5.74, 6) is -0.268. The molecule has 1 heterocycles. The fraction of sp³-hybridized carbons (Fsp3) is 0.167. The molecule has 0 saturated carbocycles. The van der Waals surface area contributed by atoms with Gasteiger partial charge in [0.1, 0.15) is 0 Å². The number of rotatable bonds is 3. The van der Waals surface area contributed by atoms with Crippen LogP contribution >= 0.6 is 0 Å². The van der Waals surface area contributed by atoms with Gasteiger partial charge in [0.15, 0.2) is 0 Å². The topological polar surface area (TPSA) is 56.0 Å². The highest BCUT2D eigenvalue weighted by Crippen LogP contribution is 2.17. The Labute approximate surface area is 87.9 Å². The van der Waals surface area contributed by atoms with E-state index >= 15 is 0 Å². The molecule has 2 N–H and O–H groups in total. The van der Waals surface area contributed by atoms with Crippen LogP contribution in [0.4, 0.5) is 0 Å². The third-order valence-electron chi connectivity index (χ3n) is 2.38. The monoisotopic (exact) mass is 200 g/mol. The number of aromatic nitrogens is 1. The molecule has 76 valence electrons. The Morgan fingerprint density at radius 3 is 2.87 bits per heavy atom. The zero-order valence-corrected chi connectivity index (χ0v) is 8.31. The van der Waals surface area contributed by atoms with Crippen molar-refractivity contribution in [1.29, 1.82) is 0 Å². The number of benzene rings is 1. The SMILES string of the molecule is NC(=O)CCc1ccnc2ccccc12. The van der Waals surface area contributed by atoms with Crippen LogP contribution in [-0.2, 0) is 11.2 Å². The van der Waals surface area contributed by atoms with Gasteiger partial charge in [-0.15, -0.1) is 0 Å². The van der Waals surface area contributed by atoms with Gasteiger partial charge in [-0.3, -0.25) is 9.78 Å². The zero-order valence-electron chi connectivity index (χ0n) is 8.31. The molecule has 0 atom stereocenters. The van der Waals surface area contributed by atoms with Crippen molar-refractivity contribution in [2.24, 2.45) is 5.73 Å². The van der Waals surface area contributed by atoms with Crippen LogP contribution in [0.3, 0.4) is 0 Å². The Hall–Kier alpha value is -1.90. The van der Waals surface area contributed by atoms with Gasteiger partial charge < -0.3 is 5.73 Å². The molecule has 0 aliphatic rings. The average molecular weight is 200 g/mol. The van der Waals surface area contributed by atoms with E-state index in [2.05, 4.69) is 4.98 Å². The molecule has 2 rings (SSSR count). The molecule has 0 unspecified atom stereocenters. The number of pyridine rings is 1. The fourth-order valence-electron chi connectivity index (χ4n) is 1.63. The molecule has 15 heavy (non-hydrogen) atoms. The molecule has 0 radical (unpaired) electrons. The molecule has 1 aromatic carbocycles. The summed E-state index contributed by atoms with van der Waals surface area (Å²) in [6.07, 6.45) is 2.82. The molecule has 0 fully saturated rings. The van der Waals surface area contributed by atoms with Gasteiger partial charge in [0.05, 0.1) is 5.52 Å². The number of aryl methyl sites for hydroxylation is 1. The summed E-state index contributed by atoms with van der Waals surface area (Å²) in [5, 5.41) is 1.10. The minimum absolute atomic E-state index is 0.268. The van der Waals surface area contributed by atoms with Crippen molar-refractivity contribution in [2.45, 2.75) is 12.8 Å². The standard InChI is InChI=1S/C12H12N2O/c13-12(15)6-5-9-7-8-14-11-4-2-1-3-10(9)11/h1-4,7-8H,5-6H2,(H2,13,15). The Morgan fingerprint density at radius 1 is 1.27 bits per heavy atom. The molecule has 0 spiro atoms. The highest BCUT2D eigenvalue weighted by Gasteiger charge is 2.02. The van der Waals surface area contributed by atoms with Gasteiger partial charge in [0, 0.05) is 18.0 Å². The van der Waals surface area contributed by atoms with Crippen LogP contribution in [0.2, 0.25) is 0 Å². The van der Waals surface area contributed by atoms with Gasteiger partial charge in [-0.05, 0) is 24.1 Å². The number of carbonyl (C=O) groups excluding carboxylic acids is 1. The summed E-state index contributed by atoms with van der Waals surface area (Å²) in [6, 6.07) is 9.83. The van der Waals surface area contributed by atoms with Crippen molar-refractivity contribution in [1.82, 2.24) is 4.98 Å². The minimum Gasteiger partial charge on any atom is -0.370 e. The van der Waals surface area contributed by atoms with Crippen LogP contribution in [0.25, 0.3) is 10.9 Å². The summed E-state index contributed by atoms with van der Waals surface area (Å²) in [6.45, 7) is 0. The molecule has 0 saturated heterocycles. The molecular weight excluding hydrogens is 188 g/mol. The summed E-state index contributed by atoms with van der Waals surface area (Å²) in [4.78, 5) is 15.0. The maximum atomic E-state index is 10.7. The van der Waals surface area contributed by atoms with Crippen LogP contribution in [0, 0.1) is 0 Å².